The summed E-state index contributed by atoms with van der Waals surface area (Å²) in [5.41, 5.74) is 0.686. The van der Waals surface area contributed by atoms with E-state index in [0.717, 1.165) is 0 Å². The van der Waals surface area contributed by atoms with Crippen molar-refractivity contribution in [3.8, 4) is 0 Å². The van der Waals surface area contributed by atoms with Crippen molar-refractivity contribution < 1.29 is 13.9 Å². The molecule has 1 fully saturated rings. The molecule has 0 radical (unpaired) electrons. The van der Waals surface area contributed by atoms with E-state index in [1.54, 1.807) is 22.8 Å². The highest BCUT2D eigenvalue weighted by Crippen LogP contribution is 2.42. The molecule has 0 saturated heterocycles. The van der Waals surface area contributed by atoms with Crippen LogP contribution in [0.3, 0.4) is 0 Å². The maximum atomic E-state index is 14.0. The second kappa shape index (κ2) is 4.74. The van der Waals surface area contributed by atoms with E-state index >= 15 is 0 Å². The minimum atomic E-state index is -1.16. The highest BCUT2D eigenvalue weighted by atomic mass is 35.5. The maximum absolute atomic E-state index is 14.0. The Bertz CT molecular complexity index is 679. The first-order valence-corrected chi connectivity index (χ1v) is 6.92. The van der Waals surface area contributed by atoms with Gasteiger partial charge in [-0.2, -0.15) is 0 Å². The smallest absolute Gasteiger partial charge is 0.337 e. The third kappa shape index (κ3) is 2.26. The van der Waals surface area contributed by atoms with Gasteiger partial charge in [-0.15, -0.1) is 11.6 Å². The summed E-state index contributed by atoms with van der Waals surface area (Å²) in [7, 11) is 1.33. The molecular weight excluding hydrogens is 283 g/mol. The van der Waals surface area contributed by atoms with Crippen LogP contribution in [-0.2, 0) is 17.2 Å². The van der Waals surface area contributed by atoms with E-state index < -0.39 is 11.6 Å². The van der Waals surface area contributed by atoms with Crippen molar-refractivity contribution >= 4 is 28.6 Å². The maximum Gasteiger partial charge on any atom is 0.337 e. The van der Waals surface area contributed by atoms with Crippen molar-refractivity contribution in [2.24, 2.45) is 0 Å². The van der Waals surface area contributed by atoms with E-state index in [0.29, 0.717) is 35.3 Å². The molecule has 20 heavy (non-hydrogen) atoms. The predicted octanol–water partition coefficient (Wildman–Crippen LogP) is 3.06. The Morgan fingerprint density at radius 3 is 2.90 bits per heavy atom. The zero-order valence-corrected chi connectivity index (χ0v) is 11.8. The van der Waals surface area contributed by atoms with Crippen LogP contribution in [0.2, 0.25) is 0 Å². The van der Waals surface area contributed by atoms with Crippen molar-refractivity contribution in [2.45, 2.75) is 30.9 Å². The lowest BCUT2D eigenvalue weighted by Gasteiger charge is -2.10. The molecule has 0 aliphatic heterocycles. The van der Waals surface area contributed by atoms with E-state index in [1.807, 2.05) is 0 Å². The number of hydrogen-bond donors (Lipinski definition) is 0. The molecular formula is C14H14ClFN2O2. The van der Waals surface area contributed by atoms with Gasteiger partial charge in [0, 0.05) is 0 Å². The summed E-state index contributed by atoms with van der Waals surface area (Å²) in [6.45, 7) is 0.232. The first kappa shape index (κ1) is 13.4. The fourth-order valence-electron chi connectivity index (χ4n) is 2.27. The molecule has 106 valence electrons. The lowest BCUT2D eigenvalue weighted by molar-refractivity contribution is 0.0601. The number of aromatic nitrogens is 2. The molecule has 2 aromatic rings. The Kier molecular flexibility index (Phi) is 3.17. The van der Waals surface area contributed by atoms with Gasteiger partial charge in [0.1, 0.15) is 11.5 Å². The fourth-order valence-corrected chi connectivity index (χ4v) is 2.48. The van der Waals surface area contributed by atoms with Crippen molar-refractivity contribution in [1.82, 2.24) is 9.55 Å². The molecule has 0 bridgehead atoms. The van der Waals surface area contributed by atoms with Crippen LogP contribution in [0, 0.1) is 0 Å². The van der Waals surface area contributed by atoms with Crippen LogP contribution >= 0.6 is 11.6 Å². The molecule has 0 amide bonds. The van der Waals surface area contributed by atoms with Gasteiger partial charge >= 0.3 is 5.97 Å². The molecule has 3 rings (SSSR count). The van der Waals surface area contributed by atoms with Crippen molar-refractivity contribution in [3.63, 3.8) is 0 Å². The topological polar surface area (TPSA) is 44.1 Å². The number of halogens is 2. The van der Waals surface area contributed by atoms with Crippen molar-refractivity contribution in [1.29, 1.82) is 0 Å². The highest BCUT2D eigenvalue weighted by molar-refractivity contribution is 6.16. The number of esters is 1. The number of hydrogen-bond acceptors (Lipinski definition) is 3. The first-order valence-electron chi connectivity index (χ1n) is 6.39. The molecule has 1 heterocycles. The lowest BCUT2D eigenvalue weighted by Crippen LogP contribution is -2.14. The Hall–Kier alpha value is -1.62. The summed E-state index contributed by atoms with van der Waals surface area (Å²) in [6.07, 6.45) is 1.12. The van der Waals surface area contributed by atoms with E-state index in [4.69, 9.17) is 16.3 Å². The number of carbonyl (C=O) groups excluding carboxylic acids is 1. The zero-order valence-electron chi connectivity index (χ0n) is 11.0. The monoisotopic (exact) mass is 296 g/mol. The SMILES string of the molecule is COC(=O)c1ccc2nc(CCl)n(CC3(F)CC3)c2c1. The van der Waals surface area contributed by atoms with E-state index in [-0.39, 0.29) is 12.4 Å². The number of imidazole rings is 1. The van der Waals surface area contributed by atoms with Gasteiger partial charge in [-0.1, -0.05) is 0 Å². The third-order valence-corrected chi connectivity index (χ3v) is 3.84. The van der Waals surface area contributed by atoms with Gasteiger partial charge < -0.3 is 9.30 Å². The van der Waals surface area contributed by atoms with Crippen LogP contribution in [0.1, 0.15) is 29.0 Å². The van der Waals surface area contributed by atoms with Gasteiger partial charge in [-0.25, -0.2) is 14.2 Å². The minimum Gasteiger partial charge on any atom is -0.465 e. The lowest BCUT2D eigenvalue weighted by atomic mass is 10.2. The third-order valence-electron chi connectivity index (χ3n) is 3.60. The van der Waals surface area contributed by atoms with Gasteiger partial charge in [-0.3, -0.25) is 0 Å². The number of ether oxygens (including phenoxy) is 1. The van der Waals surface area contributed by atoms with Crippen molar-refractivity contribution in [3.05, 3.63) is 29.6 Å². The quantitative estimate of drug-likeness (QED) is 0.643. The number of alkyl halides is 2. The average molecular weight is 297 g/mol. The van der Waals surface area contributed by atoms with E-state index in [2.05, 4.69) is 4.98 Å². The second-order valence-corrected chi connectivity index (χ2v) is 5.36. The molecule has 0 atom stereocenters. The number of carbonyl (C=O) groups is 1. The summed E-state index contributed by atoms with van der Waals surface area (Å²) < 4.78 is 20.5. The molecule has 0 N–H and O–H groups in total. The fraction of sp³-hybridized carbons (Fsp3) is 0.429. The van der Waals surface area contributed by atoms with Crippen LogP contribution in [0.25, 0.3) is 11.0 Å². The highest BCUT2D eigenvalue weighted by Gasteiger charge is 2.44. The predicted molar refractivity (Wildman–Crippen MR) is 73.7 cm³/mol. The van der Waals surface area contributed by atoms with Crippen LogP contribution in [-0.4, -0.2) is 28.3 Å². The van der Waals surface area contributed by atoms with Crippen LogP contribution < -0.4 is 0 Å². The zero-order chi connectivity index (χ0) is 14.3. The normalized spacial score (nSPS) is 16.4. The average Bonchev–Trinajstić information content (AvgIpc) is 3.09. The summed E-state index contributed by atoms with van der Waals surface area (Å²) in [5, 5.41) is 0. The number of rotatable bonds is 4. The molecule has 1 aromatic carbocycles. The molecule has 1 aromatic heterocycles. The van der Waals surface area contributed by atoms with Gasteiger partial charge in [0.2, 0.25) is 0 Å². The van der Waals surface area contributed by atoms with Crippen LogP contribution in [0.15, 0.2) is 18.2 Å². The van der Waals surface area contributed by atoms with Gasteiger partial charge in [0.15, 0.2) is 0 Å². The molecule has 4 nitrogen and oxygen atoms in total. The van der Waals surface area contributed by atoms with Crippen LogP contribution in [0.4, 0.5) is 4.39 Å². The molecule has 6 heteroatoms. The molecule has 0 unspecified atom stereocenters. The molecule has 0 spiro atoms. The number of nitrogens with zero attached hydrogens (tertiary/aromatic N) is 2. The standard InChI is InChI=1S/C14H14ClFN2O2/c1-20-13(19)9-2-3-10-11(6-9)18(12(7-15)17-10)8-14(16)4-5-14/h2-3,6H,4-5,7-8H2,1H3. The van der Waals surface area contributed by atoms with E-state index in [9.17, 15) is 9.18 Å². The largest absolute Gasteiger partial charge is 0.465 e. The first-order chi connectivity index (χ1) is 9.56. The van der Waals surface area contributed by atoms with Crippen LogP contribution in [0.5, 0.6) is 0 Å². The molecule has 1 aliphatic rings. The Morgan fingerprint density at radius 1 is 1.55 bits per heavy atom. The number of benzene rings is 1. The number of methoxy groups -OCH3 is 1. The second-order valence-electron chi connectivity index (χ2n) is 5.09. The van der Waals surface area contributed by atoms with Gasteiger partial charge in [0.25, 0.3) is 0 Å². The minimum absolute atomic E-state index is 0.207. The molecule has 1 saturated carbocycles. The van der Waals surface area contributed by atoms with E-state index in [1.165, 1.54) is 7.11 Å². The van der Waals surface area contributed by atoms with Gasteiger partial charge in [0.05, 0.1) is 36.1 Å². The Balaban J connectivity index is 2.10. The summed E-state index contributed by atoms with van der Waals surface area (Å²) in [4.78, 5) is 16.0. The summed E-state index contributed by atoms with van der Waals surface area (Å²) in [6, 6.07) is 5.05. The molecule has 1 aliphatic carbocycles. The Morgan fingerprint density at radius 2 is 2.30 bits per heavy atom. The summed E-state index contributed by atoms with van der Waals surface area (Å²) >= 11 is 5.89. The Labute approximate surface area is 120 Å². The summed E-state index contributed by atoms with van der Waals surface area (Å²) in [5.74, 6) is 0.402. The van der Waals surface area contributed by atoms with Gasteiger partial charge in [-0.05, 0) is 31.0 Å². The number of fused-ring (bicyclic) bond motifs is 1. The van der Waals surface area contributed by atoms with Crippen molar-refractivity contribution in [2.75, 3.05) is 7.11 Å².